The van der Waals surface area contributed by atoms with Crippen LogP contribution in [0.25, 0.3) is 0 Å². The fourth-order valence-corrected chi connectivity index (χ4v) is 0.714. The van der Waals surface area contributed by atoms with Crippen molar-refractivity contribution >= 4 is 11.6 Å². The van der Waals surface area contributed by atoms with Crippen molar-refractivity contribution in [3.8, 4) is 0 Å². The van der Waals surface area contributed by atoms with Gasteiger partial charge >= 0.3 is 0 Å². The number of hydrogen-bond acceptors (Lipinski definition) is 0. The number of halogens is 1. The quantitative estimate of drug-likeness (QED) is 0.579. The van der Waals surface area contributed by atoms with Crippen molar-refractivity contribution in [1.82, 2.24) is 0 Å². The molecule has 0 saturated heterocycles. The molecule has 12 heavy (non-hydrogen) atoms. The molecule has 0 N–H and O–H groups in total. The minimum Gasteiger partial charge on any atom is -0.130 e. The van der Waals surface area contributed by atoms with Gasteiger partial charge in [0.2, 0.25) is 0 Å². The van der Waals surface area contributed by atoms with Crippen LogP contribution >= 0.6 is 11.6 Å². The fourth-order valence-electron chi connectivity index (χ4n) is 0.714. The highest BCUT2D eigenvalue weighted by molar-refractivity contribution is 6.15. The van der Waals surface area contributed by atoms with E-state index in [1.165, 1.54) is 11.9 Å². The molecule has 1 rings (SSSR count). The third-order valence-corrected chi connectivity index (χ3v) is 1.25. The second-order valence-corrected chi connectivity index (χ2v) is 1.84. The Morgan fingerprint density at radius 2 is 1.42 bits per heavy atom. The molecule has 0 aliphatic rings. The number of aryl methyl sites for hydroxylation is 1. The van der Waals surface area contributed by atoms with Crippen LogP contribution in [0, 0.1) is 0 Å². The Morgan fingerprint density at radius 1 is 1.00 bits per heavy atom. The van der Waals surface area contributed by atoms with Crippen LogP contribution in [-0.2, 0) is 6.42 Å². The normalized spacial score (nSPS) is 7.08. The Hall–Kier alpha value is -0.490. The van der Waals surface area contributed by atoms with Crippen LogP contribution in [0.2, 0.25) is 0 Å². The lowest BCUT2D eigenvalue weighted by Gasteiger charge is -1.89. The zero-order valence-corrected chi connectivity index (χ0v) is 9.23. The average molecular weight is 187 g/mol. The van der Waals surface area contributed by atoms with Gasteiger partial charge < -0.3 is 0 Å². The molecule has 0 aliphatic heterocycles. The summed E-state index contributed by atoms with van der Waals surface area (Å²) in [4.78, 5) is 0. The average Bonchev–Trinajstić information content (AvgIpc) is 2.25. The molecule has 0 heterocycles. The Balaban J connectivity index is 0. The first-order valence-corrected chi connectivity index (χ1v) is 5.11. The SMILES string of the molecule is CC.CCc1ccccc1.CCl. The van der Waals surface area contributed by atoms with Gasteiger partial charge in [-0.15, -0.1) is 11.6 Å². The highest BCUT2D eigenvalue weighted by atomic mass is 35.5. The molecular weight excluding hydrogens is 168 g/mol. The first kappa shape index (κ1) is 14.1. The molecule has 0 aliphatic carbocycles. The number of benzene rings is 1. The van der Waals surface area contributed by atoms with E-state index < -0.39 is 0 Å². The van der Waals surface area contributed by atoms with Crippen LogP contribution in [0.5, 0.6) is 0 Å². The van der Waals surface area contributed by atoms with E-state index >= 15 is 0 Å². The van der Waals surface area contributed by atoms with E-state index in [2.05, 4.69) is 42.8 Å². The lowest BCUT2D eigenvalue weighted by Crippen LogP contribution is -1.73. The third-order valence-electron chi connectivity index (χ3n) is 1.25. The van der Waals surface area contributed by atoms with Crippen molar-refractivity contribution in [3.63, 3.8) is 0 Å². The van der Waals surface area contributed by atoms with Crippen molar-refractivity contribution in [1.29, 1.82) is 0 Å². The Morgan fingerprint density at radius 3 is 1.67 bits per heavy atom. The molecule has 0 aromatic heterocycles. The minimum absolute atomic E-state index is 1.14. The van der Waals surface area contributed by atoms with Crippen LogP contribution in [0.4, 0.5) is 0 Å². The van der Waals surface area contributed by atoms with E-state index in [0.29, 0.717) is 0 Å². The molecule has 0 nitrogen and oxygen atoms in total. The number of rotatable bonds is 1. The van der Waals surface area contributed by atoms with Gasteiger partial charge in [0.05, 0.1) is 0 Å². The van der Waals surface area contributed by atoms with Crippen LogP contribution in [-0.4, -0.2) is 6.38 Å². The predicted molar refractivity (Wildman–Crippen MR) is 58.9 cm³/mol. The largest absolute Gasteiger partial charge is 0.130 e. The van der Waals surface area contributed by atoms with Gasteiger partial charge in [-0.1, -0.05) is 51.1 Å². The van der Waals surface area contributed by atoms with Crippen LogP contribution in [0.3, 0.4) is 0 Å². The zero-order valence-electron chi connectivity index (χ0n) is 8.47. The number of alkyl halides is 1. The monoisotopic (exact) mass is 186 g/mol. The molecular formula is C11H19Cl. The van der Waals surface area contributed by atoms with E-state index in [9.17, 15) is 0 Å². The van der Waals surface area contributed by atoms with Crippen molar-refractivity contribution < 1.29 is 0 Å². The summed E-state index contributed by atoms with van der Waals surface area (Å²) in [5, 5.41) is 0. The van der Waals surface area contributed by atoms with Crippen LogP contribution in [0.15, 0.2) is 30.3 Å². The van der Waals surface area contributed by atoms with E-state index in [4.69, 9.17) is 0 Å². The molecule has 70 valence electrons. The molecule has 1 aromatic rings. The summed E-state index contributed by atoms with van der Waals surface area (Å²) in [6, 6.07) is 10.5. The fraction of sp³-hybridized carbons (Fsp3) is 0.455. The molecule has 0 bridgehead atoms. The number of hydrogen-bond donors (Lipinski definition) is 0. The van der Waals surface area contributed by atoms with Gasteiger partial charge in [0.1, 0.15) is 0 Å². The van der Waals surface area contributed by atoms with Crippen LogP contribution < -0.4 is 0 Å². The first-order valence-electron chi connectivity index (χ1n) is 4.35. The van der Waals surface area contributed by atoms with Gasteiger partial charge in [0.15, 0.2) is 0 Å². The molecule has 0 saturated carbocycles. The maximum Gasteiger partial charge on any atom is 0.0108 e. The summed E-state index contributed by atoms with van der Waals surface area (Å²) in [5.41, 5.74) is 1.41. The smallest absolute Gasteiger partial charge is 0.0108 e. The van der Waals surface area contributed by atoms with Gasteiger partial charge in [0.25, 0.3) is 0 Å². The highest BCUT2D eigenvalue weighted by Crippen LogP contribution is 1.96. The van der Waals surface area contributed by atoms with E-state index in [1.807, 2.05) is 19.9 Å². The van der Waals surface area contributed by atoms with Crippen molar-refractivity contribution in [3.05, 3.63) is 35.9 Å². The van der Waals surface area contributed by atoms with Gasteiger partial charge in [-0.25, -0.2) is 0 Å². The molecule has 1 aromatic carbocycles. The molecule has 0 atom stereocenters. The molecule has 1 heteroatoms. The molecule has 0 fully saturated rings. The van der Waals surface area contributed by atoms with E-state index in [-0.39, 0.29) is 0 Å². The van der Waals surface area contributed by atoms with Crippen molar-refractivity contribution in [2.45, 2.75) is 27.2 Å². The maximum absolute atomic E-state index is 4.64. The van der Waals surface area contributed by atoms with Crippen molar-refractivity contribution in [2.24, 2.45) is 0 Å². The van der Waals surface area contributed by atoms with Gasteiger partial charge in [-0.05, 0) is 12.0 Å². The lowest BCUT2D eigenvalue weighted by atomic mass is 10.2. The summed E-state index contributed by atoms with van der Waals surface area (Å²) in [6.07, 6.45) is 2.61. The second-order valence-electron chi connectivity index (χ2n) is 1.84. The summed E-state index contributed by atoms with van der Waals surface area (Å²) >= 11 is 4.64. The lowest BCUT2D eigenvalue weighted by molar-refractivity contribution is 1.14. The Labute approximate surface area is 81.6 Å². The standard InChI is InChI=1S/C8H10.C2H6.CH3Cl/c1-2-8-6-4-3-5-7-8;2*1-2/h3-7H,2H2,1H3;1-2H3;1H3. The summed E-state index contributed by atoms with van der Waals surface area (Å²) in [6.45, 7) is 6.16. The molecule has 0 spiro atoms. The van der Waals surface area contributed by atoms with Gasteiger partial charge in [-0.2, -0.15) is 0 Å². The Bertz CT molecular complexity index is 146. The first-order chi connectivity index (χ1) is 5.93. The Kier molecular flexibility index (Phi) is 15.4. The molecule has 0 unspecified atom stereocenters. The van der Waals surface area contributed by atoms with Crippen molar-refractivity contribution in [2.75, 3.05) is 6.38 Å². The van der Waals surface area contributed by atoms with E-state index in [0.717, 1.165) is 6.42 Å². The summed E-state index contributed by atoms with van der Waals surface area (Å²) in [7, 11) is 0. The topological polar surface area (TPSA) is 0 Å². The van der Waals surface area contributed by atoms with Gasteiger partial charge in [-0.3, -0.25) is 0 Å². The zero-order chi connectivity index (χ0) is 9.82. The third kappa shape index (κ3) is 7.62. The summed E-state index contributed by atoms with van der Waals surface area (Å²) in [5.74, 6) is 0. The van der Waals surface area contributed by atoms with Crippen LogP contribution in [0.1, 0.15) is 26.3 Å². The molecule has 0 radical (unpaired) electrons. The van der Waals surface area contributed by atoms with Gasteiger partial charge in [0, 0.05) is 6.38 Å². The predicted octanol–water partition coefficient (Wildman–Crippen LogP) is 4.13. The molecule has 0 amide bonds. The minimum atomic E-state index is 1.14. The van der Waals surface area contributed by atoms with E-state index in [1.54, 1.807) is 0 Å². The maximum atomic E-state index is 4.64. The highest BCUT2D eigenvalue weighted by Gasteiger charge is 1.79. The second kappa shape index (κ2) is 13.1. The summed E-state index contributed by atoms with van der Waals surface area (Å²) < 4.78 is 0.